The van der Waals surface area contributed by atoms with Gasteiger partial charge in [-0.2, -0.15) is 0 Å². The van der Waals surface area contributed by atoms with E-state index in [4.69, 9.17) is 11.6 Å². The number of nitrogens with zero attached hydrogens (tertiary/aromatic N) is 1. The van der Waals surface area contributed by atoms with Crippen LogP contribution in [0, 0.1) is 0 Å². The Morgan fingerprint density at radius 1 is 1.00 bits per heavy atom. The van der Waals surface area contributed by atoms with Crippen molar-refractivity contribution in [2.45, 2.75) is 41.6 Å². The molecular formula is C29H27ClN4O4S. The van der Waals surface area contributed by atoms with E-state index in [-0.39, 0.29) is 24.8 Å². The van der Waals surface area contributed by atoms with Crippen molar-refractivity contribution >= 4 is 52.7 Å². The summed E-state index contributed by atoms with van der Waals surface area (Å²) in [5.74, 6) is -1.40. The van der Waals surface area contributed by atoms with E-state index in [0.717, 1.165) is 11.1 Å². The molecule has 2 heterocycles. The summed E-state index contributed by atoms with van der Waals surface area (Å²) < 4.78 is 0. The summed E-state index contributed by atoms with van der Waals surface area (Å²) in [6.07, 6.45) is 0.612. The Morgan fingerprint density at radius 2 is 1.72 bits per heavy atom. The first-order valence-corrected chi connectivity index (χ1v) is 13.9. The molecule has 4 amide bonds. The first-order valence-electron chi connectivity index (χ1n) is 12.6. The highest BCUT2D eigenvalue weighted by molar-refractivity contribution is 7.99. The van der Waals surface area contributed by atoms with Crippen molar-refractivity contribution in [2.24, 2.45) is 0 Å². The standard InChI is InChI=1S/C29H27ClN4O4S/c30-20-11-13-22-23(15-20)39-27(19-9-5-2-6-10-19)26(33-28(37)21-12-14-24(35)32-21)29(38)34(22)17-25(36)31-16-18-7-3-1-4-8-18/h1-11,13,15,21,26-27H,12,14,16-17H2,(H,31,36)(H,32,35)(H,33,37)/t21-,26-,27+/m0/s1. The molecular weight excluding hydrogens is 536 g/mol. The smallest absolute Gasteiger partial charge is 0.251 e. The predicted molar refractivity (Wildman–Crippen MR) is 150 cm³/mol. The van der Waals surface area contributed by atoms with Gasteiger partial charge in [0.25, 0.3) is 5.91 Å². The maximum absolute atomic E-state index is 14.2. The van der Waals surface area contributed by atoms with Gasteiger partial charge in [0.05, 0.1) is 10.9 Å². The van der Waals surface area contributed by atoms with Gasteiger partial charge in [0.2, 0.25) is 17.7 Å². The van der Waals surface area contributed by atoms with Gasteiger partial charge in [-0.3, -0.25) is 19.2 Å². The first-order chi connectivity index (χ1) is 18.9. The molecule has 10 heteroatoms. The quantitative estimate of drug-likeness (QED) is 0.408. The number of amides is 4. The van der Waals surface area contributed by atoms with Crippen LogP contribution < -0.4 is 20.9 Å². The van der Waals surface area contributed by atoms with Gasteiger partial charge < -0.3 is 20.9 Å². The van der Waals surface area contributed by atoms with Crippen LogP contribution in [0.25, 0.3) is 0 Å². The van der Waals surface area contributed by atoms with Crippen molar-refractivity contribution in [3.63, 3.8) is 0 Å². The molecule has 200 valence electrons. The molecule has 1 saturated heterocycles. The molecule has 2 aliphatic heterocycles. The Hall–Kier alpha value is -3.82. The molecule has 0 aliphatic carbocycles. The van der Waals surface area contributed by atoms with E-state index in [1.165, 1.54) is 16.7 Å². The minimum absolute atomic E-state index is 0.199. The maximum atomic E-state index is 14.2. The van der Waals surface area contributed by atoms with E-state index >= 15 is 0 Å². The highest BCUT2D eigenvalue weighted by Crippen LogP contribution is 2.46. The monoisotopic (exact) mass is 562 g/mol. The number of carbonyl (C=O) groups is 4. The van der Waals surface area contributed by atoms with Crippen LogP contribution in [0.15, 0.2) is 83.8 Å². The zero-order chi connectivity index (χ0) is 27.4. The molecule has 0 spiro atoms. The van der Waals surface area contributed by atoms with Crippen molar-refractivity contribution in [3.8, 4) is 0 Å². The van der Waals surface area contributed by atoms with Crippen molar-refractivity contribution in [1.29, 1.82) is 0 Å². The fourth-order valence-electron chi connectivity index (χ4n) is 4.69. The molecule has 0 bridgehead atoms. The summed E-state index contributed by atoms with van der Waals surface area (Å²) in [4.78, 5) is 54.3. The van der Waals surface area contributed by atoms with E-state index in [1.54, 1.807) is 18.2 Å². The number of hydrogen-bond donors (Lipinski definition) is 3. The molecule has 3 atom stereocenters. The van der Waals surface area contributed by atoms with Crippen LogP contribution >= 0.6 is 23.4 Å². The number of halogens is 1. The van der Waals surface area contributed by atoms with Crippen LogP contribution in [0.2, 0.25) is 5.02 Å². The Labute approximate surface area is 235 Å². The second kappa shape index (κ2) is 11.9. The molecule has 39 heavy (non-hydrogen) atoms. The molecule has 0 radical (unpaired) electrons. The van der Waals surface area contributed by atoms with Crippen LogP contribution in [0.5, 0.6) is 0 Å². The maximum Gasteiger partial charge on any atom is 0.251 e. The minimum Gasteiger partial charge on any atom is -0.350 e. The molecule has 0 aromatic heterocycles. The number of thioether (sulfide) groups is 1. The summed E-state index contributed by atoms with van der Waals surface area (Å²) in [6, 6.07) is 22.3. The summed E-state index contributed by atoms with van der Waals surface area (Å²) in [5.41, 5.74) is 2.30. The highest BCUT2D eigenvalue weighted by atomic mass is 35.5. The summed E-state index contributed by atoms with van der Waals surface area (Å²) >= 11 is 7.75. The number of rotatable bonds is 7. The third-order valence-electron chi connectivity index (χ3n) is 6.67. The third-order valence-corrected chi connectivity index (χ3v) is 8.29. The van der Waals surface area contributed by atoms with Crippen molar-refractivity contribution in [3.05, 3.63) is 95.0 Å². The van der Waals surface area contributed by atoms with Crippen LogP contribution in [-0.2, 0) is 25.7 Å². The number of fused-ring (bicyclic) bond motifs is 1. The van der Waals surface area contributed by atoms with E-state index in [9.17, 15) is 19.2 Å². The van der Waals surface area contributed by atoms with E-state index < -0.39 is 29.1 Å². The first kappa shape index (κ1) is 26.8. The van der Waals surface area contributed by atoms with Gasteiger partial charge in [-0.15, -0.1) is 11.8 Å². The summed E-state index contributed by atoms with van der Waals surface area (Å²) in [7, 11) is 0. The average Bonchev–Trinajstić information content (AvgIpc) is 3.36. The summed E-state index contributed by atoms with van der Waals surface area (Å²) in [5, 5.41) is 8.43. The topological polar surface area (TPSA) is 108 Å². The number of anilines is 1. The molecule has 3 aromatic rings. The van der Waals surface area contributed by atoms with Crippen LogP contribution in [-0.4, -0.2) is 42.3 Å². The fourth-order valence-corrected chi connectivity index (χ4v) is 6.31. The van der Waals surface area contributed by atoms with Gasteiger partial charge in [0, 0.05) is 22.9 Å². The summed E-state index contributed by atoms with van der Waals surface area (Å²) in [6.45, 7) is 0.0764. The van der Waals surface area contributed by atoms with E-state index in [1.807, 2.05) is 60.7 Å². The van der Waals surface area contributed by atoms with Gasteiger partial charge in [-0.1, -0.05) is 72.3 Å². The molecule has 1 fully saturated rings. The predicted octanol–water partition coefficient (Wildman–Crippen LogP) is 3.60. The Balaban J connectivity index is 1.47. The third kappa shape index (κ3) is 6.26. The molecule has 0 saturated carbocycles. The average molecular weight is 563 g/mol. The van der Waals surface area contributed by atoms with Gasteiger partial charge in [0.1, 0.15) is 18.6 Å². The fraction of sp³-hybridized carbons (Fsp3) is 0.241. The lowest BCUT2D eigenvalue weighted by molar-refractivity contribution is -0.130. The normalized spacial score (nSPS) is 20.5. The van der Waals surface area contributed by atoms with Crippen molar-refractivity contribution < 1.29 is 19.2 Å². The molecule has 2 aliphatic rings. The van der Waals surface area contributed by atoms with E-state index in [2.05, 4.69) is 16.0 Å². The zero-order valence-corrected chi connectivity index (χ0v) is 22.5. The van der Waals surface area contributed by atoms with Crippen LogP contribution in [0.3, 0.4) is 0 Å². The lowest BCUT2D eigenvalue weighted by atomic mass is 10.0. The molecule has 3 N–H and O–H groups in total. The minimum atomic E-state index is -1.00. The van der Waals surface area contributed by atoms with Gasteiger partial charge >= 0.3 is 0 Å². The number of nitrogens with one attached hydrogen (secondary N) is 3. The van der Waals surface area contributed by atoms with Crippen LogP contribution in [0.1, 0.15) is 29.2 Å². The van der Waals surface area contributed by atoms with Gasteiger partial charge in [0.15, 0.2) is 0 Å². The largest absolute Gasteiger partial charge is 0.350 e. The number of carbonyl (C=O) groups excluding carboxylic acids is 4. The zero-order valence-electron chi connectivity index (χ0n) is 20.9. The Kier molecular flexibility index (Phi) is 8.18. The number of hydrogen-bond acceptors (Lipinski definition) is 5. The molecule has 0 unspecified atom stereocenters. The second-order valence-corrected chi connectivity index (χ2v) is 11.0. The van der Waals surface area contributed by atoms with Crippen molar-refractivity contribution in [1.82, 2.24) is 16.0 Å². The second-order valence-electron chi connectivity index (χ2n) is 9.39. The van der Waals surface area contributed by atoms with Gasteiger partial charge in [-0.05, 0) is 35.7 Å². The SMILES string of the molecule is O=C(CN1C(=O)[C@@H](NC(=O)[C@@H]2CCC(=O)N2)[C@@H](c2ccccc2)Sc2cc(Cl)ccc21)NCc1ccccc1. The van der Waals surface area contributed by atoms with Crippen LogP contribution in [0.4, 0.5) is 5.69 Å². The molecule has 3 aromatic carbocycles. The van der Waals surface area contributed by atoms with Gasteiger partial charge in [-0.25, -0.2) is 0 Å². The Bertz CT molecular complexity index is 1390. The molecule has 5 rings (SSSR count). The van der Waals surface area contributed by atoms with E-state index in [0.29, 0.717) is 28.6 Å². The highest BCUT2D eigenvalue weighted by Gasteiger charge is 2.41. The lowest BCUT2D eigenvalue weighted by Crippen LogP contribution is -2.55. The lowest BCUT2D eigenvalue weighted by Gasteiger charge is -2.29. The van der Waals surface area contributed by atoms with Crippen molar-refractivity contribution in [2.75, 3.05) is 11.4 Å². The number of benzene rings is 3. The molecule has 8 nitrogen and oxygen atoms in total. The Morgan fingerprint density at radius 3 is 2.41 bits per heavy atom.